The van der Waals surface area contributed by atoms with Gasteiger partial charge < -0.3 is 9.94 Å². The highest BCUT2D eigenvalue weighted by atomic mass is 79.9. The number of nitrogens with zero attached hydrogens (tertiary/aromatic N) is 1. The fraction of sp³-hybridized carbons (Fsp3) is 0.133. The van der Waals surface area contributed by atoms with Crippen molar-refractivity contribution in [3.8, 4) is 5.75 Å². The number of hydrazine groups is 1. The van der Waals surface area contributed by atoms with E-state index in [0.29, 0.717) is 10.5 Å². The molecule has 1 aromatic heterocycles. The first-order chi connectivity index (χ1) is 11.0. The highest BCUT2D eigenvalue weighted by Gasteiger charge is 2.16. The summed E-state index contributed by atoms with van der Waals surface area (Å²) in [5.74, 6) is -0.516. The minimum atomic E-state index is -0.802. The van der Waals surface area contributed by atoms with Crippen LogP contribution in [0.4, 0.5) is 0 Å². The van der Waals surface area contributed by atoms with Crippen LogP contribution in [-0.2, 0) is 4.79 Å². The van der Waals surface area contributed by atoms with Crippen molar-refractivity contribution in [2.75, 3.05) is 0 Å². The molecule has 0 aliphatic heterocycles. The fourth-order valence-corrected chi connectivity index (χ4v) is 2.03. The van der Waals surface area contributed by atoms with E-state index in [2.05, 4.69) is 26.8 Å². The zero-order valence-electron chi connectivity index (χ0n) is 12.2. The van der Waals surface area contributed by atoms with Gasteiger partial charge in [-0.05, 0) is 25.1 Å². The number of carbonyl (C=O) groups is 2. The fourth-order valence-electron chi connectivity index (χ4n) is 1.65. The van der Waals surface area contributed by atoms with Crippen LogP contribution in [0.25, 0.3) is 0 Å². The van der Waals surface area contributed by atoms with E-state index in [1.165, 1.54) is 24.5 Å². The van der Waals surface area contributed by atoms with Crippen LogP contribution in [0.2, 0.25) is 0 Å². The van der Waals surface area contributed by atoms with Crippen LogP contribution in [0, 0.1) is 5.21 Å². The number of hydrogen-bond acceptors (Lipinski definition) is 4. The van der Waals surface area contributed by atoms with Crippen molar-refractivity contribution in [1.29, 1.82) is 0 Å². The molecule has 1 heterocycles. The van der Waals surface area contributed by atoms with Crippen LogP contribution in [-0.4, -0.2) is 17.9 Å². The summed E-state index contributed by atoms with van der Waals surface area (Å²) in [6, 6.07) is 9.75. The quantitative estimate of drug-likeness (QED) is 0.475. The average molecular weight is 380 g/mol. The summed E-state index contributed by atoms with van der Waals surface area (Å²) in [7, 11) is 0. The third-order valence-corrected chi connectivity index (χ3v) is 3.33. The molecule has 120 valence electrons. The van der Waals surface area contributed by atoms with Gasteiger partial charge in [-0.2, -0.15) is 4.73 Å². The lowest BCUT2D eigenvalue weighted by atomic mass is 10.2. The topological polar surface area (TPSA) is 94.4 Å². The summed E-state index contributed by atoms with van der Waals surface area (Å²) >= 11 is 3.31. The van der Waals surface area contributed by atoms with E-state index in [1.54, 1.807) is 25.1 Å². The second kappa shape index (κ2) is 7.59. The summed E-state index contributed by atoms with van der Waals surface area (Å²) in [4.78, 5) is 23.7. The van der Waals surface area contributed by atoms with Gasteiger partial charge in [0.05, 0.1) is 5.56 Å². The second-order valence-electron chi connectivity index (χ2n) is 4.61. The Morgan fingerprint density at radius 1 is 1.22 bits per heavy atom. The van der Waals surface area contributed by atoms with E-state index in [4.69, 9.17) is 4.74 Å². The Kier molecular flexibility index (Phi) is 5.53. The molecule has 1 aromatic carbocycles. The molecule has 2 amide bonds. The first kappa shape index (κ1) is 16.8. The van der Waals surface area contributed by atoms with E-state index >= 15 is 0 Å². The van der Waals surface area contributed by atoms with Crippen LogP contribution in [0.1, 0.15) is 17.3 Å². The molecule has 0 fully saturated rings. The van der Waals surface area contributed by atoms with Crippen molar-refractivity contribution in [3.05, 3.63) is 64.0 Å². The van der Waals surface area contributed by atoms with Crippen molar-refractivity contribution < 1.29 is 19.1 Å². The van der Waals surface area contributed by atoms with Gasteiger partial charge in [-0.25, -0.2) is 0 Å². The number of carbonyl (C=O) groups excluding carboxylic acids is 2. The van der Waals surface area contributed by atoms with Crippen molar-refractivity contribution in [1.82, 2.24) is 10.9 Å². The molecule has 2 rings (SSSR count). The van der Waals surface area contributed by atoms with E-state index < -0.39 is 17.9 Å². The van der Waals surface area contributed by atoms with Gasteiger partial charge in [-0.1, -0.05) is 22.0 Å². The number of pyridine rings is 1. The van der Waals surface area contributed by atoms with Gasteiger partial charge in [-0.3, -0.25) is 20.4 Å². The van der Waals surface area contributed by atoms with Gasteiger partial charge in [-0.15, -0.1) is 0 Å². The summed E-state index contributed by atoms with van der Waals surface area (Å²) in [6.45, 7) is 1.56. The normalized spacial score (nSPS) is 11.4. The predicted molar refractivity (Wildman–Crippen MR) is 85.2 cm³/mol. The molecule has 0 aliphatic carbocycles. The maximum Gasteiger partial charge on any atom is 0.279 e. The summed E-state index contributed by atoms with van der Waals surface area (Å²) in [5.41, 5.74) is 4.78. The maximum atomic E-state index is 11.9. The number of rotatable bonds is 4. The molecule has 0 bridgehead atoms. The lowest BCUT2D eigenvalue weighted by molar-refractivity contribution is -0.605. The Labute approximate surface area is 141 Å². The molecule has 0 radical (unpaired) electrons. The molecule has 0 saturated heterocycles. The summed E-state index contributed by atoms with van der Waals surface area (Å²) < 4.78 is 6.86. The molecule has 1 atom stereocenters. The number of benzene rings is 1. The Bertz CT molecular complexity index is 706. The first-order valence-electron chi connectivity index (χ1n) is 6.67. The van der Waals surface area contributed by atoms with Crippen molar-refractivity contribution in [2.24, 2.45) is 0 Å². The van der Waals surface area contributed by atoms with Gasteiger partial charge in [0.2, 0.25) is 0 Å². The van der Waals surface area contributed by atoms with Gasteiger partial charge in [0, 0.05) is 16.6 Å². The molecule has 8 heteroatoms. The highest BCUT2D eigenvalue weighted by molar-refractivity contribution is 9.10. The Hall–Kier alpha value is -2.61. The molecule has 0 spiro atoms. The van der Waals surface area contributed by atoms with Gasteiger partial charge in [0.25, 0.3) is 11.8 Å². The van der Waals surface area contributed by atoms with Crippen LogP contribution in [0.15, 0.2) is 53.3 Å². The molecular formula is C15H14BrN3O4. The molecule has 0 saturated carbocycles. The zero-order valence-corrected chi connectivity index (χ0v) is 13.7. The van der Waals surface area contributed by atoms with Crippen molar-refractivity contribution in [2.45, 2.75) is 13.0 Å². The summed E-state index contributed by atoms with van der Waals surface area (Å²) in [5, 5.41) is 10.9. The number of nitrogens with one attached hydrogen (secondary N) is 2. The van der Waals surface area contributed by atoms with Crippen LogP contribution >= 0.6 is 15.9 Å². The number of halogens is 1. The summed E-state index contributed by atoms with van der Waals surface area (Å²) in [6.07, 6.45) is 1.58. The van der Waals surface area contributed by atoms with Crippen molar-refractivity contribution >= 4 is 27.7 Å². The number of aromatic nitrogens is 1. The molecule has 7 nitrogen and oxygen atoms in total. The molecule has 2 N–H and O–H groups in total. The molecule has 23 heavy (non-hydrogen) atoms. The number of amides is 2. The predicted octanol–water partition coefficient (Wildman–Crippen LogP) is 1.31. The smallest absolute Gasteiger partial charge is 0.279 e. The lowest BCUT2D eigenvalue weighted by Gasteiger charge is -2.15. The highest BCUT2D eigenvalue weighted by Crippen LogP contribution is 2.18. The van der Waals surface area contributed by atoms with Crippen LogP contribution in [0.5, 0.6) is 5.75 Å². The van der Waals surface area contributed by atoms with E-state index in [0.717, 1.165) is 4.47 Å². The SMILES string of the molecule is C[C@H](Oc1cccc(Br)c1)C(=O)NNC(=O)c1cc[n+]([O-])cc1. The van der Waals surface area contributed by atoms with Gasteiger partial charge in [0.1, 0.15) is 5.75 Å². The minimum absolute atomic E-state index is 0.248. The van der Waals surface area contributed by atoms with E-state index in [1.807, 2.05) is 6.07 Å². The maximum absolute atomic E-state index is 11.9. The zero-order chi connectivity index (χ0) is 16.8. The molecule has 0 unspecified atom stereocenters. The minimum Gasteiger partial charge on any atom is -0.619 e. The molecular weight excluding hydrogens is 366 g/mol. The second-order valence-corrected chi connectivity index (χ2v) is 5.52. The number of ether oxygens (including phenoxy) is 1. The lowest BCUT2D eigenvalue weighted by Crippen LogP contribution is -2.47. The Morgan fingerprint density at radius 2 is 1.91 bits per heavy atom. The van der Waals surface area contributed by atoms with E-state index in [-0.39, 0.29) is 5.56 Å². The molecule has 2 aromatic rings. The number of hydrogen-bond donors (Lipinski definition) is 2. The Morgan fingerprint density at radius 3 is 2.57 bits per heavy atom. The molecule has 0 aliphatic rings. The Balaban J connectivity index is 1.86. The van der Waals surface area contributed by atoms with Gasteiger partial charge >= 0.3 is 0 Å². The van der Waals surface area contributed by atoms with Gasteiger partial charge in [0.15, 0.2) is 18.5 Å². The van der Waals surface area contributed by atoms with Crippen molar-refractivity contribution in [3.63, 3.8) is 0 Å². The third kappa shape index (κ3) is 4.96. The average Bonchev–Trinajstić information content (AvgIpc) is 2.53. The standard InChI is InChI=1S/C15H14BrN3O4/c1-10(23-13-4-2-3-12(16)9-13)14(20)17-18-15(21)11-5-7-19(22)8-6-11/h2-10H,1H3,(H,17,20)(H,18,21)/t10-/m0/s1. The third-order valence-electron chi connectivity index (χ3n) is 2.84. The first-order valence-corrected chi connectivity index (χ1v) is 7.46. The largest absolute Gasteiger partial charge is 0.619 e. The van der Waals surface area contributed by atoms with Crippen LogP contribution in [0.3, 0.4) is 0 Å². The monoisotopic (exact) mass is 379 g/mol. The van der Waals surface area contributed by atoms with E-state index in [9.17, 15) is 14.8 Å². The van der Waals surface area contributed by atoms with Crippen LogP contribution < -0.4 is 20.3 Å².